The Morgan fingerprint density at radius 1 is 1.03 bits per heavy atom. The number of carbonyl (C=O) groups excluding carboxylic acids is 2. The summed E-state index contributed by atoms with van der Waals surface area (Å²) in [7, 11) is 1.56. The summed E-state index contributed by atoms with van der Waals surface area (Å²) in [4.78, 5) is 26.5. The van der Waals surface area contributed by atoms with E-state index in [1.807, 2.05) is 0 Å². The fraction of sp³-hybridized carbons (Fsp3) is 0.520. The van der Waals surface area contributed by atoms with Crippen LogP contribution in [-0.2, 0) is 28.5 Å². The molecular weight excluding hydrogens is 465 g/mol. The van der Waals surface area contributed by atoms with Crippen molar-refractivity contribution in [2.75, 3.05) is 33.5 Å². The van der Waals surface area contributed by atoms with E-state index in [1.54, 1.807) is 21.0 Å². The Morgan fingerprint density at radius 2 is 1.68 bits per heavy atom. The SMILES string of the molecule is COCCOCCOC(=O)C1=C(C)NC(C)=C(C(=O)OC2CCCC2)C1c1c(F)cccc1Cl. The van der Waals surface area contributed by atoms with E-state index in [4.69, 9.17) is 30.5 Å². The lowest BCUT2D eigenvalue weighted by Crippen LogP contribution is -2.34. The van der Waals surface area contributed by atoms with E-state index in [9.17, 15) is 9.59 Å². The third-order valence-electron chi connectivity index (χ3n) is 5.96. The molecule has 0 saturated heterocycles. The number of nitrogens with one attached hydrogen (secondary N) is 1. The van der Waals surface area contributed by atoms with Crippen LogP contribution in [0.1, 0.15) is 51.0 Å². The molecule has 2 aliphatic rings. The molecule has 34 heavy (non-hydrogen) atoms. The summed E-state index contributed by atoms with van der Waals surface area (Å²) >= 11 is 6.40. The Bertz CT molecular complexity index is 950. The first kappa shape index (κ1) is 26.2. The van der Waals surface area contributed by atoms with Gasteiger partial charge >= 0.3 is 11.9 Å². The van der Waals surface area contributed by atoms with Gasteiger partial charge in [-0.15, -0.1) is 0 Å². The minimum Gasteiger partial charge on any atom is -0.460 e. The van der Waals surface area contributed by atoms with Crippen molar-refractivity contribution in [1.29, 1.82) is 0 Å². The van der Waals surface area contributed by atoms with Gasteiger partial charge in [0.2, 0.25) is 0 Å². The number of allylic oxidation sites excluding steroid dienone is 2. The number of hydrogen-bond acceptors (Lipinski definition) is 7. The summed E-state index contributed by atoms with van der Waals surface area (Å²) in [5.41, 5.74) is 1.21. The Balaban J connectivity index is 1.92. The van der Waals surface area contributed by atoms with Crippen molar-refractivity contribution < 1.29 is 32.9 Å². The zero-order chi connectivity index (χ0) is 24.7. The van der Waals surface area contributed by atoms with Gasteiger partial charge in [0.05, 0.1) is 36.9 Å². The van der Waals surface area contributed by atoms with Crippen LogP contribution in [-0.4, -0.2) is 51.6 Å². The number of esters is 2. The van der Waals surface area contributed by atoms with Gasteiger partial charge in [0.15, 0.2) is 0 Å². The van der Waals surface area contributed by atoms with Gasteiger partial charge in [0, 0.05) is 29.1 Å². The van der Waals surface area contributed by atoms with Crippen LogP contribution in [0.2, 0.25) is 5.02 Å². The first-order chi connectivity index (χ1) is 16.3. The fourth-order valence-corrected chi connectivity index (χ4v) is 4.62. The van der Waals surface area contributed by atoms with Crippen LogP contribution in [0.25, 0.3) is 0 Å². The number of benzene rings is 1. The zero-order valence-corrected chi connectivity index (χ0v) is 20.5. The van der Waals surface area contributed by atoms with Crippen LogP contribution in [0, 0.1) is 5.82 Å². The van der Waals surface area contributed by atoms with Gasteiger partial charge in [0.25, 0.3) is 0 Å². The molecule has 1 fully saturated rings. The Kier molecular flexibility index (Phi) is 9.50. The van der Waals surface area contributed by atoms with Gasteiger partial charge in [-0.1, -0.05) is 17.7 Å². The second-order valence-electron chi connectivity index (χ2n) is 8.32. The molecule has 1 heterocycles. The molecule has 9 heteroatoms. The van der Waals surface area contributed by atoms with Gasteiger partial charge in [-0.05, 0) is 51.7 Å². The van der Waals surface area contributed by atoms with Gasteiger partial charge in [-0.3, -0.25) is 0 Å². The topological polar surface area (TPSA) is 83.1 Å². The van der Waals surface area contributed by atoms with E-state index in [1.165, 1.54) is 18.2 Å². The van der Waals surface area contributed by atoms with Crippen LogP contribution < -0.4 is 5.32 Å². The standard InChI is InChI=1S/C25H31ClFNO6/c1-15-20(24(29)33-14-13-32-12-11-31-3)23(22-18(26)9-6-10-19(22)27)21(16(2)28-15)25(30)34-17-7-4-5-8-17/h6,9-10,17,23,28H,4-5,7-8,11-14H2,1-3H3. The highest BCUT2D eigenvalue weighted by Crippen LogP contribution is 2.43. The molecule has 0 spiro atoms. The molecular formula is C25H31ClFNO6. The van der Waals surface area contributed by atoms with Crippen molar-refractivity contribution >= 4 is 23.5 Å². The second kappa shape index (κ2) is 12.3. The molecule has 0 aromatic heterocycles. The molecule has 0 radical (unpaired) electrons. The Labute approximate surface area is 204 Å². The molecule has 1 saturated carbocycles. The number of ether oxygens (including phenoxy) is 4. The molecule has 0 bridgehead atoms. The van der Waals surface area contributed by atoms with Gasteiger partial charge < -0.3 is 24.3 Å². The fourth-order valence-electron chi connectivity index (χ4n) is 4.35. The zero-order valence-electron chi connectivity index (χ0n) is 19.7. The number of methoxy groups -OCH3 is 1. The normalized spacial score (nSPS) is 18.8. The number of carbonyl (C=O) groups is 2. The summed E-state index contributed by atoms with van der Waals surface area (Å²) in [6.07, 6.45) is 3.34. The first-order valence-corrected chi connectivity index (χ1v) is 11.8. The molecule has 1 unspecified atom stereocenters. The molecule has 1 atom stereocenters. The lowest BCUT2D eigenvalue weighted by Gasteiger charge is -2.31. The Hall–Kier alpha value is -2.42. The molecule has 3 rings (SSSR count). The van der Waals surface area contributed by atoms with Gasteiger partial charge in [0.1, 0.15) is 18.5 Å². The molecule has 1 aromatic carbocycles. The van der Waals surface area contributed by atoms with Crippen molar-refractivity contribution in [3.05, 3.63) is 57.1 Å². The van der Waals surface area contributed by atoms with E-state index < -0.39 is 23.7 Å². The maximum Gasteiger partial charge on any atom is 0.337 e. The number of rotatable bonds is 10. The van der Waals surface area contributed by atoms with Crippen molar-refractivity contribution in [3.8, 4) is 0 Å². The molecule has 0 amide bonds. The summed E-state index contributed by atoms with van der Waals surface area (Å²) in [5.74, 6) is -2.99. The van der Waals surface area contributed by atoms with E-state index in [0.717, 1.165) is 25.7 Å². The molecule has 1 N–H and O–H groups in total. The van der Waals surface area contributed by atoms with Crippen LogP contribution in [0.4, 0.5) is 4.39 Å². The monoisotopic (exact) mass is 495 g/mol. The second-order valence-corrected chi connectivity index (χ2v) is 8.73. The summed E-state index contributed by atoms with van der Waals surface area (Å²) in [6.45, 7) is 4.32. The molecule has 1 aliphatic heterocycles. The highest BCUT2D eigenvalue weighted by Gasteiger charge is 2.41. The van der Waals surface area contributed by atoms with Gasteiger partial charge in [-0.25, -0.2) is 14.0 Å². The van der Waals surface area contributed by atoms with Crippen LogP contribution in [0.15, 0.2) is 40.7 Å². The summed E-state index contributed by atoms with van der Waals surface area (Å²) in [5, 5.41) is 3.17. The lowest BCUT2D eigenvalue weighted by atomic mass is 9.80. The maximum absolute atomic E-state index is 15.1. The molecule has 1 aliphatic carbocycles. The number of dihydropyridines is 1. The average molecular weight is 496 g/mol. The maximum atomic E-state index is 15.1. The first-order valence-electron chi connectivity index (χ1n) is 11.4. The summed E-state index contributed by atoms with van der Waals surface area (Å²) in [6, 6.07) is 4.25. The van der Waals surface area contributed by atoms with E-state index in [0.29, 0.717) is 24.6 Å². The molecule has 7 nitrogen and oxygen atoms in total. The van der Waals surface area contributed by atoms with Crippen molar-refractivity contribution in [2.45, 2.75) is 51.6 Å². The average Bonchev–Trinajstić information content (AvgIpc) is 3.28. The third-order valence-corrected chi connectivity index (χ3v) is 6.29. The predicted octanol–water partition coefficient (Wildman–Crippen LogP) is 4.41. The van der Waals surface area contributed by atoms with Crippen LogP contribution >= 0.6 is 11.6 Å². The van der Waals surface area contributed by atoms with E-state index >= 15 is 4.39 Å². The number of hydrogen-bond donors (Lipinski definition) is 1. The highest BCUT2D eigenvalue weighted by molar-refractivity contribution is 6.31. The quantitative estimate of drug-likeness (QED) is 0.380. The smallest absolute Gasteiger partial charge is 0.337 e. The minimum atomic E-state index is -1.08. The molecule has 186 valence electrons. The van der Waals surface area contributed by atoms with E-state index in [2.05, 4.69) is 5.32 Å². The van der Waals surface area contributed by atoms with Crippen molar-refractivity contribution in [1.82, 2.24) is 5.32 Å². The lowest BCUT2D eigenvalue weighted by molar-refractivity contribution is -0.144. The van der Waals surface area contributed by atoms with E-state index in [-0.39, 0.29) is 41.1 Å². The van der Waals surface area contributed by atoms with Crippen LogP contribution in [0.5, 0.6) is 0 Å². The summed E-state index contributed by atoms with van der Waals surface area (Å²) < 4.78 is 36.5. The minimum absolute atomic E-state index is 0.0123. The predicted molar refractivity (Wildman–Crippen MR) is 125 cm³/mol. The largest absolute Gasteiger partial charge is 0.460 e. The van der Waals surface area contributed by atoms with Crippen LogP contribution in [0.3, 0.4) is 0 Å². The third kappa shape index (κ3) is 6.17. The van der Waals surface area contributed by atoms with Gasteiger partial charge in [-0.2, -0.15) is 0 Å². The molecule has 1 aromatic rings. The highest BCUT2D eigenvalue weighted by atomic mass is 35.5. The van der Waals surface area contributed by atoms with Crippen molar-refractivity contribution in [3.63, 3.8) is 0 Å². The number of halogens is 2. The van der Waals surface area contributed by atoms with Crippen molar-refractivity contribution in [2.24, 2.45) is 0 Å². The Morgan fingerprint density at radius 3 is 2.32 bits per heavy atom.